The van der Waals surface area contributed by atoms with E-state index in [-0.39, 0.29) is 9.79 Å². The van der Waals surface area contributed by atoms with E-state index in [0.717, 1.165) is 0 Å². The first-order chi connectivity index (χ1) is 11.0. The van der Waals surface area contributed by atoms with Crippen LogP contribution in [0, 0.1) is 0 Å². The summed E-state index contributed by atoms with van der Waals surface area (Å²) in [5.74, 6) is 0.506. The zero-order valence-corrected chi connectivity index (χ0v) is 14.1. The molecule has 0 saturated carbocycles. The molecule has 0 aromatic heterocycles. The maximum Gasteiger partial charge on any atom is 0.207 e. The van der Waals surface area contributed by atoms with E-state index < -0.39 is 9.84 Å². The zero-order chi connectivity index (χ0) is 16.4. The van der Waals surface area contributed by atoms with E-state index in [0.29, 0.717) is 35.1 Å². The van der Waals surface area contributed by atoms with Crippen LogP contribution >= 0.6 is 11.6 Å². The monoisotopic (exact) mass is 349 g/mol. The second kappa shape index (κ2) is 6.35. The Hall–Kier alpha value is -1.82. The molecule has 0 bridgehead atoms. The van der Waals surface area contributed by atoms with Gasteiger partial charge in [0.05, 0.1) is 9.79 Å². The lowest BCUT2D eigenvalue weighted by molar-refractivity contribution is 0.280. The summed E-state index contributed by atoms with van der Waals surface area (Å²) in [4.78, 5) is 0.485. The first-order valence-corrected chi connectivity index (χ1v) is 9.03. The molecule has 0 amide bonds. The Morgan fingerprint density at radius 1 is 1.13 bits per heavy atom. The number of nitrogens with one attached hydrogen (secondary N) is 1. The smallest absolute Gasteiger partial charge is 0.207 e. The highest BCUT2D eigenvalue weighted by atomic mass is 35.5. The third-order valence-electron chi connectivity index (χ3n) is 3.60. The van der Waals surface area contributed by atoms with Crippen molar-refractivity contribution in [3.63, 3.8) is 0 Å². The highest BCUT2D eigenvalue weighted by Gasteiger charge is 2.28. The van der Waals surface area contributed by atoms with E-state index in [2.05, 4.69) is 5.32 Å². The first-order valence-electron chi connectivity index (χ1n) is 7.17. The number of ether oxygens (including phenoxy) is 1. The molecular formula is C17H16ClNO3S. The molecule has 0 spiro atoms. The summed E-state index contributed by atoms with van der Waals surface area (Å²) in [6.45, 7) is 1.08. The average Bonchev–Trinajstić information content (AvgIpc) is 2.62. The summed E-state index contributed by atoms with van der Waals surface area (Å²) in [6, 6.07) is 11.6. The Labute approximate surface area is 140 Å². The van der Waals surface area contributed by atoms with Crippen molar-refractivity contribution in [2.45, 2.75) is 9.79 Å². The fraction of sp³-hybridized carbons (Fsp3) is 0.176. The Bertz CT molecular complexity index is 875. The third-order valence-corrected chi connectivity index (χ3v) is 5.72. The minimum Gasteiger partial charge on any atom is -0.492 e. The van der Waals surface area contributed by atoms with Crippen molar-refractivity contribution in [3.05, 3.63) is 58.6 Å². The van der Waals surface area contributed by atoms with E-state index in [1.807, 2.05) is 7.05 Å². The topological polar surface area (TPSA) is 55.4 Å². The lowest BCUT2D eigenvalue weighted by Gasteiger charge is -2.13. The van der Waals surface area contributed by atoms with E-state index >= 15 is 0 Å². The number of sulfone groups is 1. The summed E-state index contributed by atoms with van der Waals surface area (Å²) >= 11 is 6.07. The molecule has 2 aromatic carbocycles. The maximum atomic E-state index is 13.0. The molecule has 1 aliphatic rings. The highest BCUT2D eigenvalue weighted by molar-refractivity contribution is 7.91. The maximum absolute atomic E-state index is 13.0. The summed E-state index contributed by atoms with van der Waals surface area (Å²) in [7, 11) is -1.80. The predicted octanol–water partition coefficient (Wildman–Crippen LogP) is 3.22. The lowest BCUT2D eigenvalue weighted by Crippen LogP contribution is -2.14. The molecule has 0 saturated heterocycles. The van der Waals surface area contributed by atoms with Gasteiger partial charge in [-0.05, 0) is 43.0 Å². The zero-order valence-electron chi connectivity index (χ0n) is 12.5. The SMILES string of the molecule is CNCCOC1=Cc2ccccc2S(=O)(=O)c2ccc(Cl)cc21. The largest absolute Gasteiger partial charge is 0.492 e. The molecule has 2 aromatic rings. The Morgan fingerprint density at radius 3 is 2.70 bits per heavy atom. The average molecular weight is 350 g/mol. The van der Waals surface area contributed by atoms with Gasteiger partial charge < -0.3 is 10.1 Å². The van der Waals surface area contributed by atoms with Crippen molar-refractivity contribution in [3.8, 4) is 0 Å². The Morgan fingerprint density at radius 2 is 1.91 bits per heavy atom. The first kappa shape index (κ1) is 16.1. The summed E-state index contributed by atoms with van der Waals surface area (Å²) < 4.78 is 31.7. The van der Waals surface area contributed by atoms with Gasteiger partial charge >= 0.3 is 0 Å². The van der Waals surface area contributed by atoms with Gasteiger partial charge in [0.1, 0.15) is 12.4 Å². The second-order valence-corrected chi connectivity index (χ2v) is 7.47. The standard InChI is InChI=1S/C17H16ClNO3S/c1-19-8-9-22-15-10-12-4-2-3-5-16(12)23(20,21)17-7-6-13(18)11-14(15)17/h2-7,10-11,19H,8-9H2,1H3. The Kier molecular flexibility index (Phi) is 4.43. The highest BCUT2D eigenvalue weighted by Crippen LogP contribution is 2.37. The molecule has 3 rings (SSSR count). The van der Waals surface area contributed by atoms with Crippen LogP contribution in [0.2, 0.25) is 5.02 Å². The van der Waals surface area contributed by atoms with Crippen molar-refractivity contribution < 1.29 is 13.2 Å². The van der Waals surface area contributed by atoms with Crippen LogP contribution < -0.4 is 5.32 Å². The molecule has 0 aliphatic carbocycles. The van der Waals surface area contributed by atoms with Crippen molar-refractivity contribution in [2.24, 2.45) is 0 Å². The number of halogens is 1. The number of fused-ring (bicyclic) bond motifs is 2. The molecule has 1 heterocycles. The summed E-state index contributed by atoms with van der Waals surface area (Å²) in [5, 5.41) is 3.46. The van der Waals surface area contributed by atoms with Gasteiger partial charge in [0.25, 0.3) is 0 Å². The van der Waals surface area contributed by atoms with E-state index in [1.165, 1.54) is 6.07 Å². The number of likely N-dealkylation sites (N-methyl/N-ethyl adjacent to an activating group) is 1. The van der Waals surface area contributed by atoms with Gasteiger partial charge in [0.15, 0.2) is 0 Å². The molecule has 1 N–H and O–H groups in total. The van der Waals surface area contributed by atoms with E-state index in [4.69, 9.17) is 16.3 Å². The van der Waals surface area contributed by atoms with Gasteiger partial charge in [0, 0.05) is 17.1 Å². The van der Waals surface area contributed by atoms with Gasteiger partial charge in [-0.2, -0.15) is 0 Å². The molecule has 0 atom stereocenters. The van der Waals surface area contributed by atoms with Gasteiger partial charge in [-0.15, -0.1) is 0 Å². The fourth-order valence-electron chi connectivity index (χ4n) is 2.49. The Balaban J connectivity index is 2.23. The summed E-state index contributed by atoms with van der Waals surface area (Å²) in [5.41, 5.74) is 1.10. The van der Waals surface area contributed by atoms with Crippen molar-refractivity contribution in [1.29, 1.82) is 0 Å². The van der Waals surface area contributed by atoms with E-state index in [1.54, 1.807) is 42.5 Å². The molecular weight excluding hydrogens is 334 g/mol. The molecule has 0 radical (unpaired) electrons. The van der Waals surface area contributed by atoms with Crippen LogP contribution in [0.4, 0.5) is 0 Å². The van der Waals surface area contributed by atoms with E-state index in [9.17, 15) is 8.42 Å². The second-order valence-electron chi connectivity index (χ2n) is 5.14. The quantitative estimate of drug-likeness (QED) is 0.861. The normalized spacial score (nSPS) is 15.1. The number of hydrogen-bond donors (Lipinski definition) is 1. The van der Waals surface area contributed by atoms with Gasteiger partial charge in [-0.3, -0.25) is 0 Å². The molecule has 1 aliphatic heterocycles. The molecule has 0 fully saturated rings. The van der Waals surface area contributed by atoms with Gasteiger partial charge in [-0.25, -0.2) is 8.42 Å². The van der Waals surface area contributed by atoms with Gasteiger partial charge in [0.2, 0.25) is 9.84 Å². The van der Waals surface area contributed by atoms with Crippen molar-refractivity contribution in [1.82, 2.24) is 5.32 Å². The minimum absolute atomic E-state index is 0.211. The van der Waals surface area contributed by atoms with Crippen LogP contribution in [0.25, 0.3) is 11.8 Å². The summed E-state index contributed by atoms with van der Waals surface area (Å²) in [6.07, 6.45) is 1.75. The molecule has 4 nitrogen and oxygen atoms in total. The lowest BCUT2D eigenvalue weighted by atomic mass is 10.1. The van der Waals surface area contributed by atoms with Crippen LogP contribution in [-0.4, -0.2) is 28.6 Å². The van der Waals surface area contributed by atoms with Crippen LogP contribution in [0.1, 0.15) is 11.1 Å². The van der Waals surface area contributed by atoms with Crippen molar-refractivity contribution in [2.75, 3.05) is 20.2 Å². The molecule has 120 valence electrons. The van der Waals surface area contributed by atoms with Crippen molar-refractivity contribution >= 4 is 33.3 Å². The molecule has 0 unspecified atom stereocenters. The van der Waals surface area contributed by atoms with Crippen LogP contribution in [0.5, 0.6) is 0 Å². The van der Waals surface area contributed by atoms with Gasteiger partial charge in [-0.1, -0.05) is 29.8 Å². The number of benzene rings is 2. The number of rotatable bonds is 4. The molecule has 23 heavy (non-hydrogen) atoms. The third kappa shape index (κ3) is 3.00. The fourth-order valence-corrected chi connectivity index (χ4v) is 4.29. The van der Waals surface area contributed by atoms with Crippen LogP contribution in [-0.2, 0) is 14.6 Å². The van der Waals surface area contributed by atoms with Crippen LogP contribution in [0.15, 0.2) is 52.3 Å². The minimum atomic E-state index is -3.62. The number of hydrogen-bond acceptors (Lipinski definition) is 4. The molecule has 6 heteroatoms. The predicted molar refractivity (Wildman–Crippen MR) is 91.1 cm³/mol. The van der Waals surface area contributed by atoms with Crippen LogP contribution in [0.3, 0.4) is 0 Å².